The molecule has 1 N–H and O–H groups in total. The van der Waals surface area contributed by atoms with E-state index in [0.717, 1.165) is 6.42 Å². The number of benzene rings is 1. The van der Waals surface area contributed by atoms with Gasteiger partial charge in [0.15, 0.2) is 0 Å². The van der Waals surface area contributed by atoms with Gasteiger partial charge in [-0.1, -0.05) is 24.3 Å². The Balaban J connectivity index is 1.80. The van der Waals surface area contributed by atoms with Crippen LogP contribution in [0, 0.1) is 0 Å². The zero-order chi connectivity index (χ0) is 13.2. The molecular weight excluding hydrogens is 234 g/mol. The highest BCUT2D eigenvalue weighted by atomic mass is 15.1. The van der Waals surface area contributed by atoms with E-state index in [0.29, 0.717) is 12.1 Å². The molecule has 3 heteroatoms. The van der Waals surface area contributed by atoms with Crippen molar-refractivity contribution in [3.8, 4) is 11.3 Å². The second-order valence-corrected chi connectivity index (χ2v) is 5.51. The van der Waals surface area contributed by atoms with Crippen molar-refractivity contribution >= 4 is 0 Å². The molecule has 19 heavy (non-hydrogen) atoms. The number of nitrogens with one attached hydrogen (secondary N) is 1. The highest BCUT2D eigenvalue weighted by Crippen LogP contribution is 2.38. The summed E-state index contributed by atoms with van der Waals surface area (Å²) in [6, 6.07) is 10.1. The molecule has 1 unspecified atom stereocenters. The molecule has 3 nitrogen and oxygen atoms in total. The maximum Gasteiger partial charge on any atom is 0.0953 e. The lowest BCUT2D eigenvalue weighted by atomic mass is 10.0. The van der Waals surface area contributed by atoms with Gasteiger partial charge < -0.3 is 9.88 Å². The highest BCUT2D eigenvalue weighted by molar-refractivity contribution is 5.59. The topological polar surface area (TPSA) is 29.9 Å². The monoisotopic (exact) mass is 255 g/mol. The van der Waals surface area contributed by atoms with Gasteiger partial charge in [-0.25, -0.2) is 4.98 Å². The number of aromatic nitrogens is 2. The molecule has 1 aromatic heterocycles. The van der Waals surface area contributed by atoms with Crippen LogP contribution in [0.2, 0.25) is 0 Å². The van der Waals surface area contributed by atoms with Gasteiger partial charge >= 0.3 is 0 Å². The molecule has 1 heterocycles. The van der Waals surface area contributed by atoms with Crippen molar-refractivity contribution in [3.05, 3.63) is 42.4 Å². The number of likely N-dealkylation sites (N-methyl/N-ethyl adjacent to an activating group) is 1. The molecule has 100 valence electrons. The van der Waals surface area contributed by atoms with E-state index >= 15 is 0 Å². The molecule has 2 aromatic rings. The molecule has 1 fully saturated rings. The fourth-order valence-electron chi connectivity index (χ4n) is 2.44. The Labute approximate surface area is 114 Å². The molecule has 1 saturated carbocycles. The third kappa shape index (κ3) is 2.71. The Bertz CT molecular complexity index is 537. The predicted octanol–water partition coefficient (Wildman–Crippen LogP) is 3.04. The molecule has 1 aliphatic carbocycles. The number of nitrogens with zero attached hydrogens (tertiary/aromatic N) is 2. The summed E-state index contributed by atoms with van der Waals surface area (Å²) in [5.41, 5.74) is 3.89. The van der Waals surface area contributed by atoms with Crippen molar-refractivity contribution < 1.29 is 0 Å². The quantitative estimate of drug-likeness (QED) is 0.890. The fourth-order valence-corrected chi connectivity index (χ4v) is 2.44. The standard InChI is InChI=1S/C16H21N3/c1-12(17-2)9-13-3-5-14(6-4-13)16-10-18-11-19(16)15-7-8-15/h3-6,10-12,15,17H,7-9H2,1-2H3. The van der Waals surface area contributed by atoms with E-state index < -0.39 is 0 Å². The second-order valence-electron chi connectivity index (χ2n) is 5.51. The van der Waals surface area contributed by atoms with Gasteiger partial charge in [0.2, 0.25) is 0 Å². The Kier molecular flexibility index (Phi) is 3.38. The molecule has 0 amide bonds. The van der Waals surface area contributed by atoms with Crippen molar-refractivity contribution in [2.75, 3.05) is 7.05 Å². The van der Waals surface area contributed by atoms with Crippen LogP contribution in [0.15, 0.2) is 36.8 Å². The first-order valence-electron chi connectivity index (χ1n) is 7.06. The first-order chi connectivity index (χ1) is 9.28. The number of hydrogen-bond acceptors (Lipinski definition) is 2. The first kappa shape index (κ1) is 12.4. The van der Waals surface area contributed by atoms with Gasteiger partial charge in [0.1, 0.15) is 0 Å². The Hall–Kier alpha value is -1.61. The van der Waals surface area contributed by atoms with Gasteiger partial charge in [-0.05, 0) is 44.4 Å². The summed E-state index contributed by atoms with van der Waals surface area (Å²) in [6.07, 6.45) is 7.59. The lowest BCUT2D eigenvalue weighted by Crippen LogP contribution is -2.23. The number of rotatable bonds is 5. The highest BCUT2D eigenvalue weighted by Gasteiger charge is 2.25. The van der Waals surface area contributed by atoms with Gasteiger partial charge in [0.25, 0.3) is 0 Å². The minimum atomic E-state index is 0.517. The van der Waals surface area contributed by atoms with Crippen molar-refractivity contribution in [1.29, 1.82) is 0 Å². The summed E-state index contributed by atoms with van der Waals surface area (Å²) in [6.45, 7) is 2.20. The van der Waals surface area contributed by atoms with E-state index in [-0.39, 0.29) is 0 Å². The van der Waals surface area contributed by atoms with Crippen LogP contribution < -0.4 is 5.32 Å². The van der Waals surface area contributed by atoms with Crippen LogP contribution in [0.4, 0.5) is 0 Å². The summed E-state index contributed by atoms with van der Waals surface area (Å²) in [5, 5.41) is 3.27. The van der Waals surface area contributed by atoms with E-state index in [4.69, 9.17) is 0 Å². The number of imidazole rings is 1. The minimum absolute atomic E-state index is 0.517. The fraction of sp³-hybridized carbons (Fsp3) is 0.438. The van der Waals surface area contributed by atoms with Gasteiger partial charge in [-0.15, -0.1) is 0 Å². The first-order valence-corrected chi connectivity index (χ1v) is 7.06. The van der Waals surface area contributed by atoms with Crippen molar-refractivity contribution in [2.24, 2.45) is 0 Å². The van der Waals surface area contributed by atoms with Gasteiger partial charge in [0.05, 0.1) is 18.2 Å². The Morgan fingerprint density at radius 2 is 2.05 bits per heavy atom. The minimum Gasteiger partial charge on any atom is -0.328 e. The van der Waals surface area contributed by atoms with Gasteiger partial charge in [-0.3, -0.25) is 0 Å². The van der Waals surface area contributed by atoms with E-state index in [1.807, 2.05) is 19.6 Å². The smallest absolute Gasteiger partial charge is 0.0953 e. The van der Waals surface area contributed by atoms with E-state index in [2.05, 4.69) is 46.1 Å². The summed E-state index contributed by atoms with van der Waals surface area (Å²) in [4.78, 5) is 4.30. The summed E-state index contributed by atoms with van der Waals surface area (Å²) in [7, 11) is 2.01. The average molecular weight is 255 g/mol. The van der Waals surface area contributed by atoms with Crippen LogP contribution in [0.1, 0.15) is 31.4 Å². The third-order valence-corrected chi connectivity index (χ3v) is 3.89. The van der Waals surface area contributed by atoms with Gasteiger partial charge in [0, 0.05) is 12.1 Å². The van der Waals surface area contributed by atoms with E-state index in [1.165, 1.54) is 29.7 Å². The molecule has 3 rings (SSSR count). The normalized spacial score (nSPS) is 16.5. The van der Waals surface area contributed by atoms with Crippen LogP contribution in [-0.4, -0.2) is 22.6 Å². The lowest BCUT2D eigenvalue weighted by molar-refractivity contribution is 0.608. The second kappa shape index (κ2) is 5.17. The summed E-state index contributed by atoms with van der Waals surface area (Å²) < 4.78 is 2.31. The molecule has 1 aliphatic rings. The van der Waals surface area contributed by atoms with Crippen LogP contribution >= 0.6 is 0 Å². The number of hydrogen-bond donors (Lipinski definition) is 1. The van der Waals surface area contributed by atoms with Crippen molar-refractivity contribution in [3.63, 3.8) is 0 Å². The van der Waals surface area contributed by atoms with Crippen LogP contribution in [-0.2, 0) is 6.42 Å². The predicted molar refractivity (Wildman–Crippen MR) is 78.2 cm³/mol. The average Bonchev–Trinajstić information content (AvgIpc) is 3.17. The largest absolute Gasteiger partial charge is 0.328 e. The zero-order valence-corrected chi connectivity index (χ0v) is 11.6. The summed E-state index contributed by atoms with van der Waals surface area (Å²) in [5.74, 6) is 0. The van der Waals surface area contributed by atoms with Crippen molar-refractivity contribution in [1.82, 2.24) is 14.9 Å². The zero-order valence-electron chi connectivity index (χ0n) is 11.6. The molecule has 1 aromatic carbocycles. The molecule has 1 atom stereocenters. The maximum atomic E-state index is 4.30. The molecule has 0 radical (unpaired) electrons. The van der Waals surface area contributed by atoms with E-state index in [9.17, 15) is 0 Å². The molecule has 0 aliphatic heterocycles. The molecule has 0 spiro atoms. The lowest BCUT2D eigenvalue weighted by Gasteiger charge is -2.11. The van der Waals surface area contributed by atoms with Crippen molar-refractivity contribution in [2.45, 2.75) is 38.3 Å². The van der Waals surface area contributed by atoms with Crippen LogP contribution in [0.25, 0.3) is 11.3 Å². The SMILES string of the molecule is CNC(C)Cc1ccc(-c2cncn2C2CC2)cc1. The van der Waals surface area contributed by atoms with Crippen LogP contribution in [0.3, 0.4) is 0 Å². The van der Waals surface area contributed by atoms with Gasteiger partial charge in [-0.2, -0.15) is 0 Å². The third-order valence-electron chi connectivity index (χ3n) is 3.89. The Morgan fingerprint density at radius 3 is 2.68 bits per heavy atom. The van der Waals surface area contributed by atoms with E-state index in [1.54, 1.807) is 0 Å². The molecule has 0 bridgehead atoms. The molecular formula is C16H21N3. The van der Waals surface area contributed by atoms with Crippen LogP contribution in [0.5, 0.6) is 0 Å². The summed E-state index contributed by atoms with van der Waals surface area (Å²) >= 11 is 0. The molecule has 0 saturated heterocycles. The Morgan fingerprint density at radius 1 is 1.32 bits per heavy atom. The maximum absolute atomic E-state index is 4.30.